The Labute approximate surface area is 220 Å². The van der Waals surface area contributed by atoms with Gasteiger partial charge >= 0.3 is 5.63 Å². The number of hydrogen-bond acceptors (Lipinski definition) is 9. The van der Waals surface area contributed by atoms with Crippen molar-refractivity contribution in [3.05, 3.63) is 88.3 Å². The molecule has 0 aliphatic carbocycles. The lowest BCUT2D eigenvalue weighted by atomic mass is 10.0. The lowest BCUT2D eigenvalue weighted by Crippen LogP contribution is -2.22. The van der Waals surface area contributed by atoms with Gasteiger partial charge in [-0.3, -0.25) is 0 Å². The van der Waals surface area contributed by atoms with Crippen LogP contribution in [0.1, 0.15) is 24.2 Å². The highest BCUT2D eigenvalue weighted by Crippen LogP contribution is 2.44. The fourth-order valence-corrected chi connectivity index (χ4v) is 3.90. The van der Waals surface area contributed by atoms with Crippen LogP contribution in [0.25, 0.3) is 11.0 Å². The highest BCUT2D eigenvalue weighted by molar-refractivity contribution is 5.88. The van der Waals surface area contributed by atoms with Crippen molar-refractivity contribution in [3.8, 4) is 28.7 Å². The fourth-order valence-electron chi connectivity index (χ4n) is 3.90. The van der Waals surface area contributed by atoms with E-state index >= 15 is 0 Å². The highest BCUT2D eigenvalue weighted by atomic mass is 16.7. The second-order valence-corrected chi connectivity index (χ2v) is 8.41. The van der Waals surface area contributed by atoms with Crippen molar-refractivity contribution < 1.29 is 37.9 Å². The minimum atomic E-state index is -1.08. The first-order chi connectivity index (χ1) is 18.4. The number of rotatable bonds is 12. The van der Waals surface area contributed by atoms with Gasteiger partial charge in [-0.05, 0) is 42.3 Å². The molecule has 1 aromatic heterocycles. The summed E-state index contributed by atoms with van der Waals surface area (Å²) in [6, 6.07) is 19.5. The average Bonchev–Trinajstić information content (AvgIpc) is 2.95. The number of hydrogen-bond donors (Lipinski definition) is 1. The summed E-state index contributed by atoms with van der Waals surface area (Å²) in [6.45, 7) is 1.95. The molecule has 38 heavy (non-hydrogen) atoms. The van der Waals surface area contributed by atoms with Crippen LogP contribution in [0, 0.1) is 0 Å². The number of fused-ring (bicyclic) bond motifs is 1. The molecule has 0 unspecified atom stereocenters. The predicted octanol–water partition coefficient (Wildman–Crippen LogP) is 4.87. The van der Waals surface area contributed by atoms with Crippen LogP contribution in [-0.2, 0) is 11.3 Å². The van der Waals surface area contributed by atoms with Crippen molar-refractivity contribution in [2.24, 2.45) is 0 Å². The van der Waals surface area contributed by atoms with Gasteiger partial charge in [0.1, 0.15) is 18.8 Å². The minimum absolute atomic E-state index is 0.103. The van der Waals surface area contributed by atoms with Crippen molar-refractivity contribution in [2.45, 2.75) is 25.7 Å². The normalized spacial score (nSPS) is 12.6. The molecule has 0 aliphatic rings. The molecule has 0 saturated heterocycles. The van der Waals surface area contributed by atoms with E-state index < -0.39 is 17.8 Å². The summed E-state index contributed by atoms with van der Waals surface area (Å²) < 4.78 is 39.3. The van der Waals surface area contributed by atoms with Crippen molar-refractivity contribution in [1.82, 2.24) is 0 Å². The van der Waals surface area contributed by atoms with Gasteiger partial charge in [-0.2, -0.15) is 0 Å². The van der Waals surface area contributed by atoms with Crippen molar-refractivity contribution in [1.29, 1.82) is 0 Å². The number of aliphatic hydroxyl groups excluding tert-OH is 1. The molecule has 1 N–H and O–H groups in total. The molecule has 9 nitrogen and oxygen atoms in total. The Morgan fingerprint density at radius 3 is 2.32 bits per heavy atom. The Bertz CT molecular complexity index is 1420. The van der Waals surface area contributed by atoms with E-state index in [0.717, 1.165) is 5.56 Å². The van der Waals surface area contributed by atoms with E-state index in [0.29, 0.717) is 34.8 Å². The molecular formula is C29H30O9. The van der Waals surface area contributed by atoms with Crippen LogP contribution in [0.2, 0.25) is 0 Å². The summed E-state index contributed by atoms with van der Waals surface area (Å²) in [4.78, 5) is 12.0. The second-order valence-electron chi connectivity index (χ2n) is 8.41. The third-order valence-electron chi connectivity index (χ3n) is 5.84. The number of ether oxygens (including phenoxy) is 6. The van der Waals surface area contributed by atoms with Crippen LogP contribution < -0.4 is 29.3 Å². The van der Waals surface area contributed by atoms with Crippen LogP contribution >= 0.6 is 0 Å². The summed E-state index contributed by atoms with van der Waals surface area (Å²) in [7, 11) is 4.49. The molecule has 2 atom stereocenters. The van der Waals surface area contributed by atoms with Gasteiger partial charge in [-0.1, -0.05) is 36.4 Å². The molecule has 0 amide bonds. The zero-order chi connectivity index (χ0) is 27.1. The lowest BCUT2D eigenvalue weighted by Gasteiger charge is -2.24. The van der Waals surface area contributed by atoms with Gasteiger partial charge in [0, 0.05) is 18.6 Å². The molecule has 200 valence electrons. The summed E-state index contributed by atoms with van der Waals surface area (Å²) in [6.07, 6.45) is -1.89. The largest absolute Gasteiger partial charge is 0.493 e. The topological polar surface area (TPSA) is 106 Å². The highest BCUT2D eigenvalue weighted by Gasteiger charge is 2.26. The van der Waals surface area contributed by atoms with E-state index in [9.17, 15) is 9.90 Å². The zero-order valence-electron chi connectivity index (χ0n) is 21.6. The summed E-state index contributed by atoms with van der Waals surface area (Å²) in [5, 5.41) is 11.7. The van der Waals surface area contributed by atoms with E-state index in [1.807, 2.05) is 30.3 Å². The van der Waals surface area contributed by atoms with Gasteiger partial charge in [0.05, 0.1) is 14.2 Å². The minimum Gasteiger partial charge on any atom is -0.493 e. The fraction of sp³-hybridized carbons (Fsp3) is 0.276. The molecule has 4 rings (SSSR count). The average molecular weight is 523 g/mol. The van der Waals surface area contributed by atoms with Crippen LogP contribution in [0.5, 0.6) is 28.7 Å². The summed E-state index contributed by atoms with van der Waals surface area (Å²) in [5.74, 6) is 1.64. The number of benzene rings is 3. The quantitative estimate of drug-likeness (QED) is 0.206. The Morgan fingerprint density at radius 2 is 1.61 bits per heavy atom. The van der Waals surface area contributed by atoms with Crippen LogP contribution in [-0.4, -0.2) is 39.3 Å². The molecule has 3 aromatic carbocycles. The first-order valence-corrected chi connectivity index (χ1v) is 11.9. The maximum atomic E-state index is 12.0. The third kappa shape index (κ3) is 6.01. The van der Waals surface area contributed by atoms with Gasteiger partial charge in [-0.15, -0.1) is 0 Å². The Balaban J connectivity index is 1.61. The van der Waals surface area contributed by atoms with E-state index in [4.69, 9.17) is 32.8 Å². The van der Waals surface area contributed by atoms with Gasteiger partial charge < -0.3 is 37.9 Å². The van der Waals surface area contributed by atoms with Gasteiger partial charge in [0.15, 0.2) is 29.6 Å². The SMILES string of the molecule is COCOc1c(OC)cc2ccc(=O)oc2c1O[C@@H](C)[C@@H](O)c1ccc(OCc2ccccc2)c(OC)c1. The Morgan fingerprint density at radius 1 is 0.842 bits per heavy atom. The van der Waals surface area contributed by atoms with Crippen molar-refractivity contribution >= 4 is 11.0 Å². The summed E-state index contributed by atoms with van der Waals surface area (Å²) in [5.41, 5.74) is 1.15. The number of methoxy groups -OCH3 is 3. The van der Waals surface area contributed by atoms with E-state index in [2.05, 4.69) is 0 Å². The standard InChI is InChI=1S/C29H30O9/c1-18(26(31)20-10-12-22(23(14-20)33-3)35-16-19-8-6-5-7-9-19)37-29-27-21(11-13-25(30)38-27)15-24(34-4)28(29)36-17-32-2/h5-15,18,26,31H,16-17H2,1-4H3/t18-,26+/m0/s1. The molecule has 9 heteroatoms. The predicted molar refractivity (Wildman–Crippen MR) is 140 cm³/mol. The molecule has 0 fully saturated rings. The molecule has 0 radical (unpaired) electrons. The molecule has 1 heterocycles. The first kappa shape index (κ1) is 26.8. The Kier molecular flexibility index (Phi) is 8.73. The maximum Gasteiger partial charge on any atom is 0.336 e. The van der Waals surface area contributed by atoms with Crippen molar-refractivity contribution in [3.63, 3.8) is 0 Å². The van der Waals surface area contributed by atoms with Crippen LogP contribution in [0.4, 0.5) is 0 Å². The third-order valence-corrected chi connectivity index (χ3v) is 5.84. The maximum absolute atomic E-state index is 12.0. The molecule has 4 aromatic rings. The molecule has 0 saturated carbocycles. The van der Waals surface area contributed by atoms with E-state index in [-0.39, 0.29) is 23.9 Å². The van der Waals surface area contributed by atoms with E-state index in [1.165, 1.54) is 27.4 Å². The first-order valence-electron chi connectivity index (χ1n) is 11.9. The molecule has 0 bridgehead atoms. The monoisotopic (exact) mass is 522 g/mol. The second kappa shape index (κ2) is 12.4. The molecule has 0 spiro atoms. The smallest absolute Gasteiger partial charge is 0.336 e. The van der Waals surface area contributed by atoms with Gasteiger partial charge in [0.2, 0.25) is 11.5 Å². The zero-order valence-corrected chi connectivity index (χ0v) is 21.6. The number of aliphatic hydroxyl groups is 1. The lowest BCUT2D eigenvalue weighted by molar-refractivity contribution is 0.0303. The molecular weight excluding hydrogens is 492 g/mol. The van der Waals surface area contributed by atoms with Crippen LogP contribution in [0.15, 0.2) is 75.9 Å². The van der Waals surface area contributed by atoms with Crippen LogP contribution in [0.3, 0.4) is 0 Å². The van der Waals surface area contributed by atoms with Gasteiger partial charge in [-0.25, -0.2) is 4.79 Å². The van der Waals surface area contributed by atoms with Crippen molar-refractivity contribution in [2.75, 3.05) is 28.1 Å². The Hall–Kier alpha value is -4.21. The van der Waals surface area contributed by atoms with Gasteiger partial charge in [0.25, 0.3) is 0 Å². The summed E-state index contributed by atoms with van der Waals surface area (Å²) >= 11 is 0. The van der Waals surface area contributed by atoms with E-state index in [1.54, 1.807) is 37.3 Å². The molecule has 0 aliphatic heterocycles.